The van der Waals surface area contributed by atoms with Crippen LogP contribution in [0, 0.1) is 5.82 Å². The minimum Gasteiger partial charge on any atom is -0.350 e. The predicted molar refractivity (Wildman–Crippen MR) is 67.1 cm³/mol. The molecule has 0 unspecified atom stereocenters. The molecule has 0 radical (unpaired) electrons. The molecular weight excluding hydrogens is 233 g/mol. The van der Waals surface area contributed by atoms with E-state index in [1.165, 1.54) is 16.8 Å². The molecule has 0 bridgehead atoms. The van der Waals surface area contributed by atoms with Gasteiger partial charge in [0.15, 0.2) is 5.65 Å². The minimum atomic E-state index is -0.307. The lowest BCUT2D eigenvalue weighted by molar-refractivity contribution is 0.263. The molecule has 0 aliphatic carbocycles. The van der Waals surface area contributed by atoms with Crippen LogP contribution in [-0.4, -0.2) is 45.7 Å². The summed E-state index contributed by atoms with van der Waals surface area (Å²) < 4.78 is 14.5. The number of pyridine rings is 1. The molecule has 2 aromatic heterocycles. The summed E-state index contributed by atoms with van der Waals surface area (Å²) in [6.45, 7) is 2.17. The van der Waals surface area contributed by atoms with E-state index in [2.05, 4.69) is 27.3 Å². The van der Waals surface area contributed by atoms with Gasteiger partial charge in [-0.2, -0.15) is 4.98 Å². The Balaban J connectivity index is 1.74. The summed E-state index contributed by atoms with van der Waals surface area (Å²) in [4.78, 5) is 6.64. The maximum Gasteiger partial charge on any atom is 0.243 e. The van der Waals surface area contributed by atoms with E-state index >= 15 is 0 Å². The smallest absolute Gasteiger partial charge is 0.243 e. The van der Waals surface area contributed by atoms with Crippen LogP contribution in [0.2, 0.25) is 0 Å². The van der Waals surface area contributed by atoms with Crippen LogP contribution in [0.4, 0.5) is 10.3 Å². The van der Waals surface area contributed by atoms with Gasteiger partial charge in [-0.1, -0.05) is 0 Å². The normalized spacial score (nSPS) is 18.3. The second kappa shape index (κ2) is 4.53. The lowest BCUT2D eigenvalue weighted by atomic mass is 10.1. The SMILES string of the molecule is CN1CCC(Nc2nc3ccc(F)cn3n2)CC1. The van der Waals surface area contributed by atoms with E-state index < -0.39 is 0 Å². The third-order valence-electron chi connectivity index (χ3n) is 3.35. The molecule has 1 aliphatic rings. The Hall–Kier alpha value is -1.69. The molecule has 2 aromatic rings. The van der Waals surface area contributed by atoms with Crippen molar-refractivity contribution in [1.29, 1.82) is 0 Å². The number of halogens is 1. The van der Waals surface area contributed by atoms with E-state index in [1.54, 1.807) is 6.07 Å². The quantitative estimate of drug-likeness (QED) is 0.873. The van der Waals surface area contributed by atoms with E-state index in [-0.39, 0.29) is 5.82 Å². The summed E-state index contributed by atoms with van der Waals surface area (Å²) in [7, 11) is 2.13. The van der Waals surface area contributed by atoms with Gasteiger partial charge in [-0.05, 0) is 45.1 Å². The van der Waals surface area contributed by atoms with Crippen molar-refractivity contribution in [3.8, 4) is 0 Å². The fraction of sp³-hybridized carbons (Fsp3) is 0.500. The number of fused-ring (bicyclic) bond motifs is 1. The summed E-state index contributed by atoms with van der Waals surface area (Å²) in [6.07, 6.45) is 3.50. The highest BCUT2D eigenvalue weighted by atomic mass is 19.1. The topological polar surface area (TPSA) is 45.5 Å². The fourth-order valence-corrected chi connectivity index (χ4v) is 2.25. The maximum atomic E-state index is 13.0. The van der Waals surface area contributed by atoms with Crippen molar-refractivity contribution in [3.63, 3.8) is 0 Å². The third kappa shape index (κ3) is 2.28. The van der Waals surface area contributed by atoms with Gasteiger partial charge in [-0.15, -0.1) is 5.10 Å². The molecule has 0 spiro atoms. The molecule has 6 heteroatoms. The number of piperidine rings is 1. The van der Waals surface area contributed by atoms with Gasteiger partial charge in [0.05, 0.1) is 6.20 Å². The van der Waals surface area contributed by atoms with Gasteiger partial charge in [-0.25, -0.2) is 8.91 Å². The van der Waals surface area contributed by atoms with Crippen molar-refractivity contribution < 1.29 is 4.39 Å². The Morgan fingerprint density at radius 1 is 1.33 bits per heavy atom. The number of aromatic nitrogens is 3. The fourth-order valence-electron chi connectivity index (χ4n) is 2.25. The molecular formula is C12H16FN5. The molecule has 96 valence electrons. The number of rotatable bonds is 2. The first-order chi connectivity index (χ1) is 8.70. The van der Waals surface area contributed by atoms with E-state index in [1.807, 2.05) is 0 Å². The van der Waals surface area contributed by atoms with Crippen LogP contribution >= 0.6 is 0 Å². The Morgan fingerprint density at radius 3 is 2.89 bits per heavy atom. The first-order valence-corrected chi connectivity index (χ1v) is 6.18. The second-order valence-corrected chi connectivity index (χ2v) is 4.81. The zero-order valence-corrected chi connectivity index (χ0v) is 10.3. The lowest BCUT2D eigenvalue weighted by Gasteiger charge is -2.28. The number of nitrogens with zero attached hydrogens (tertiary/aromatic N) is 4. The Morgan fingerprint density at radius 2 is 2.11 bits per heavy atom. The average Bonchev–Trinajstić information content (AvgIpc) is 2.73. The van der Waals surface area contributed by atoms with Crippen LogP contribution in [-0.2, 0) is 0 Å². The molecule has 3 heterocycles. The molecule has 0 saturated carbocycles. The summed E-state index contributed by atoms with van der Waals surface area (Å²) in [5.74, 6) is 0.272. The van der Waals surface area contributed by atoms with Crippen LogP contribution in [0.1, 0.15) is 12.8 Å². The molecule has 0 aromatic carbocycles. The first kappa shape index (κ1) is 11.4. The van der Waals surface area contributed by atoms with Crippen molar-refractivity contribution in [2.45, 2.75) is 18.9 Å². The Kier molecular flexibility index (Phi) is 2.87. The maximum absolute atomic E-state index is 13.0. The van der Waals surface area contributed by atoms with Crippen molar-refractivity contribution >= 4 is 11.6 Å². The van der Waals surface area contributed by atoms with Gasteiger partial charge in [0, 0.05) is 6.04 Å². The summed E-state index contributed by atoms with van der Waals surface area (Å²) >= 11 is 0. The number of hydrogen-bond acceptors (Lipinski definition) is 4. The number of likely N-dealkylation sites (tertiary alicyclic amines) is 1. The molecule has 1 N–H and O–H groups in total. The Labute approximate surface area is 105 Å². The van der Waals surface area contributed by atoms with Gasteiger partial charge >= 0.3 is 0 Å². The monoisotopic (exact) mass is 249 g/mol. The number of anilines is 1. The van der Waals surface area contributed by atoms with E-state index in [0.717, 1.165) is 25.9 Å². The molecule has 18 heavy (non-hydrogen) atoms. The number of nitrogens with one attached hydrogen (secondary N) is 1. The van der Waals surface area contributed by atoms with Crippen LogP contribution in [0.3, 0.4) is 0 Å². The van der Waals surface area contributed by atoms with Crippen LogP contribution in [0.25, 0.3) is 5.65 Å². The zero-order valence-electron chi connectivity index (χ0n) is 10.3. The predicted octanol–water partition coefficient (Wildman–Crippen LogP) is 1.37. The van der Waals surface area contributed by atoms with Crippen molar-refractivity contribution in [1.82, 2.24) is 19.5 Å². The zero-order chi connectivity index (χ0) is 12.5. The summed E-state index contributed by atoms with van der Waals surface area (Å²) in [5, 5.41) is 7.55. The molecule has 1 aliphatic heterocycles. The van der Waals surface area contributed by atoms with Gasteiger partial charge in [-0.3, -0.25) is 0 Å². The van der Waals surface area contributed by atoms with E-state index in [0.29, 0.717) is 17.6 Å². The molecule has 3 rings (SSSR count). The average molecular weight is 249 g/mol. The molecule has 0 amide bonds. The molecule has 1 saturated heterocycles. The van der Waals surface area contributed by atoms with Gasteiger partial charge < -0.3 is 10.2 Å². The van der Waals surface area contributed by atoms with E-state index in [9.17, 15) is 4.39 Å². The largest absolute Gasteiger partial charge is 0.350 e. The van der Waals surface area contributed by atoms with Gasteiger partial charge in [0.25, 0.3) is 0 Å². The van der Waals surface area contributed by atoms with Crippen LogP contribution < -0.4 is 5.32 Å². The van der Waals surface area contributed by atoms with Crippen LogP contribution in [0.5, 0.6) is 0 Å². The van der Waals surface area contributed by atoms with Crippen molar-refractivity contribution in [3.05, 3.63) is 24.1 Å². The second-order valence-electron chi connectivity index (χ2n) is 4.81. The highest BCUT2D eigenvalue weighted by Gasteiger charge is 2.17. The molecule has 5 nitrogen and oxygen atoms in total. The van der Waals surface area contributed by atoms with Crippen molar-refractivity contribution in [2.75, 3.05) is 25.5 Å². The van der Waals surface area contributed by atoms with Gasteiger partial charge in [0.1, 0.15) is 5.82 Å². The summed E-state index contributed by atoms with van der Waals surface area (Å²) in [6, 6.07) is 3.43. The van der Waals surface area contributed by atoms with Crippen molar-refractivity contribution in [2.24, 2.45) is 0 Å². The third-order valence-corrected chi connectivity index (χ3v) is 3.35. The lowest BCUT2D eigenvalue weighted by Crippen LogP contribution is -2.36. The van der Waals surface area contributed by atoms with Gasteiger partial charge in [0.2, 0.25) is 5.95 Å². The first-order valence-electron chi connectivity index (χ1n) is 6.18. The Bertz CT molecular complexity index is 544. The summed E-state index contributed by atoms with van der Waals surface area (Å²) in [5.41, 5.74) is 0.659. The van der Waals surface area contributed by atoms with Crippen LogP contribution in [0.15, 0.2) is 18.3 Å². The standard InChI is InChI=1S/C12H16FN5/c1-17-6-4-10(5-7-17)14-12-15-11-3-2-9(13)8-18(11)16-12/h2-3,8,10H,4-7H2,1H3,(H,14,16). The van der Waals surface area contributed by atoms with E-state index in [4.69, 9.17) is 0 Å². The molecule has 0 atom stereocenters. The number of hydrogen-bond donors (Lipinski definition) is 1. The molecule has 1 fully saturated rings. The highest BCUT2D eigenvalue weighted by molar-refractivity contribution is 5.43. The highest BCUT2D eigenvalue weighted by Crippen LogP contribution is 2.14. The minimum absolute atomic E-state index is 0.307.